The number of aromatic nitrogens is 2. The van der Waals surface area contributed by atoms with Gasteiger partial charge in [-0.1, -0.05) is 18.2 Å². The van der Waals surface area contributed by atoms with Crippen molar-refractivity contribution in [2.24, 2.45) is 0 Å². The second-order valence-electron chi connectivity index (χ2n) is 5.93. The lowest BCUT2D eigenvalue weighted by Gasteiger charge is -2.17. The maximum absolute atomic E-state index is 12.5. The number of ether oxygens (including phenoxy) is 2. The summed E-state index contributed by atoms with van der Waals surface area (Å²) in [6, 6.07) is 7.65. The molecule has 1 aromatic carbocycles. The number of hydrogen-bond donors (Lipinski definition) is 3. The number of aromatic amines is 2. The number of thioether (sulfide) groups is 1. The van der Waals surface area contributed by atoms with Crippen molar-refractivity contribution in [2.45, 2.75) is 26.0 Å². The van der Waals surface area contributed by atoms with Crippen LogP contribution < -0.4 is 11.0 Å². The predicted octanol–water partition coefficient (Wildman–Crippen LogP) is 1.47. The van der Waals surface area contributed by atoms with Crippen LogP contribution in [0.25, 0.3) is 0 Å². The molecule has 0 radical (unpaired) electrons. The molecule has 0 fully saturated rings. The van der Waals surface area contributed by atoms with Crippen LogP contribution in [0.2, 0.25) is 0 Å². The third-order valence-corrected chi connectivity index (χ3v) is 4.52. The summed E-state index contributed by atoms with van der Waals surface area (Å²) in [7, 11) is 0. The van der Waals surface area contributed by atoms with Crippen molar-refractivity contribution in [2.75, 3.05) is 18.6 Å². The third-order valence-electron chi connectivity index (χ3n) is 3.88. The molecule has 29 heavy (non-hydrogen) atoms. The molecule has 156 valence electrons. The average Bonchev–Trinajstić information content (AvgIpc) is 3.10. The molecular formula is C19H23N3O6S. The fourth-order valence-electron chi connectivity index (χ4n) is 2.47. The molecule has 1 amide bonds. The Morgan fingerprint density at radius 3 is 2.52 bits per heavy atom. The largest absolute Gasteiger partial charge is 0.461 e. The second kappa shape index (κ2) is 11.1. The summed E-state index contributed by atoms with van der Waals surface area (Å²) >= 11 is 1.53. The molecule has 1 unspecified atom stereocenters. The molecule has 10 heteroatoms. The first kappa shape index (κ1) is 22.3. The first-order valence-corrected chi connectivity index (χ1v) is 10.3. The first-order valence-electron chi connectivity index (χ1n) is 8.96. The van der Waals surface area contributed by atoms with Gasteiger partial charge < -0.3 is 19.8 Å². The van der Waals surface area contributed by atoms with Gasteiger partial charge in [-0.05, 0) is 37.5 Å². The number of hydrogen-bond acceptors (Lipinski definition) is 7. The number of carbonyl (C=O) groups is 3. The van der Waals surface area contributed by atoms with Crippen molar-refractivity contribution in [1.29, 1.82) is 0 Å². The zero-order valence-electron chi connectivity index (χ0n) is 16.2. The van der Waals surface area contributed by atoms with Crippen LogP contribution in [-0.2, 0) is 20.9 Å². The van der Waals surface area contributed by atoms with Crippen LogP contribution >= 0.6 is 11.8 Å². The molecule has 1 atom stereocenters. The van der Waals surface area contributed by atoms with Gasteiger partial charge >= 0.3 is 17.6 Å². The van der Waals surface area contributed by atoms with Gasteiger partial charge in [-0.15, -0.1) is 0 Å². The molecule has 1 heterocycles. The highest BCUT2D eigenvalue weighted by molar-refractivity contribution is 7.98. The number of nitrogens with one attached hydrogen (secondary N) is 3. The van der Waals surface area contributed by atoms with Crippen LogP contribution in [0.3, 0.4) is 0 Å². The molecule has 0 saturated heterocycles. The SMILES string of the molecule is CCOC(=O)c1[nH]c(=O)[nH]c1COC(=O)C(CCSC)NC(=O)c1ccccc1. The van der Waals surface area contributed by atoms with Gasteiger partial charge in [0, 0.05) is 5.56 Å². The monoisotopic (exact) mass is 421 g/mol. The van der Waals surface area contributed by atoms with Gasteiger partial charge in [-0.3, -0.25) is 9.78 Å². The van der Waals surface area contributed by atoms with Gasteiger partial charge in [0.2, 0.25) is 0 Å². The highest BCUT2D eigenvalue weighted by Gasteiger charge is 2.24. The number of benzene rings is 1. The van der Waals surface area contributed by atoms with E-state index in [0.717, 1.165) is 0 Å². The van der Waals surface area contributed by atoms with Crippen LogP contribution in [0.1, 0.15) is 39.9 Å². The lowest BCUT2D eigenvalue weighted by atomic mass is 10.1. The normalized spacial score (nSPS) is 11.5. The summed E-state index contributed by atoms with van der Waals surface area (Å²) < 4.78 is 10.1. The molecule has 2 aromatic rings. The highest BCUT2D eigenvalue weighted by atomic mass is 32.2. The number of amides is 1. The zero-order chi connectivity index (χ0) is 21.2. The Kier molecular flexibility index (Phi) is 8.53. The molecule has 0 bridgehead atoms. The Labute approximate surface area is 171 Å². The van der Waals surface area contributed by atoms with Crippen molar-refractivity contribution in [1.82, 2.24) is 15.3 Å². The van der Waals surface area contributed by atoms with E-state index < -0.39 is 29.6 Å². The molecule has 3 N–H and O–H groups in total. The van der Waals surface area contributed by atoms with Gasteiger partial charge in [-0.25, -0.2) is 14.4 Å². The molecule has 2 rings (SSSR count). The maximum Gasteiger partial charge on any atom is 0.356 e. The van der Waals surface area contributed by atoms with Crippen molar-refractivity contribution in [3.05, 3.63) is 57.8 Å². The molecule has 0 aliphatic heterocycles. The smallest absolute Gasteiger partial charge is 0.356 e. The molecule has 0 aliphatic rings. The standard InChI is InChI=1S/C19H23N3O6S/c1-3-27-18(25)15-14(21-19(26)22-15)11-28-17(24)13(9-10-29-2)20-16(23)12-7-5-4-6-8-12/h4-8,13H,3,9-11H2,1-2H3,(H,20,23)(H2,21,22,26). The average molecular weight is 421 g/mol. The van der Waals surface area contributed by atoms with E-state index in [1.165, 1.54) is 11.8 Å². The Hall–Kier alpha value is -3.01. The zero-order valence-corrected chi connectivity index (χ0v) is 17.0. The lowest BCUT2D eigenvalue weighted by molar-refractivity contribution is -0.147. The van der Waals surface area contributed by atoms with E-state index in [4.69, 9.17) is 9.47 Å². The minimum Gasteiger partial charge on any atom is -0.461 e. The molecule has 0 aliphatic carbocycles. The summed E-state index contributed by atoms with van der Waals surface area (Å²) in [5.41, 5.74) is -0.192. The van der Waals surface area contributed by atoms with Crippen LogP contribution in [-0.4, -0.2) is 52.5 Å². The number of imidazole rings is 1. The van der Waals surface area contributed by atoms with E-state index >= 15 is 0 Å². The van der Waals surface area contributed by atoms with E-state index in [1.54, 1.807) is 37.3 Å². The highest BCUT2D eigenvalue weighted by Crippen LogP contribution is 2.09. The summed E-state index contributed by atoms with van der Waals surface area (Å²) in [6.45, 7) is 1.42. The first-order chi connectivity index (χ1) is 14.0. The fourth-order valence-corrected chi connectivity index (χ4v) is 2.94. The Bertz CT molecular complexity index is 893. The van der Waals surface area contributed by atoms with E-state index in [0.29, 0.717) is 17.7 Å². The quantitative estimate of drug-likeness (QED) is 0.495. The van der Waals surface area contributed by atoms with Crippen molar-refractivity contribution in [3.8, 4) is 0 Å². The van der Waals surface area contributed by atoms with Gasteiger partial charge in [0.05, 0.1) is 12.3 Å². The van der Waals surface area contributed by atoms with Gasteiger partial charge in [0.1, 0.15) is 12.6 Å². The van der Waals surface area contributed by atoms with Crippen LogP contribution in [0.15, 0.2) is 35.1 Å². The predicted molar refractivity (Wildman–Crippen MR) is 108 cm³/mol. The van der Waals surface area contributed by atoms with Crippen molar-refractivity contribution in [3.63, 3.8) is 0 Å². The Morgan fingerprint density at radius 2 is 1.86 bits per heavy atom. The molecular weight excluding hydrogens is 398 g/mol. The minimum absolute atomic E-state index is 0.0970. The molecule has 9 nitrogen and oxygen atoms in total. The van der Waals surface area contributed by atoms with Crippen molar-refractivity contribution >= 4 is 29.6 Å². The number of rotatable bonds is 10. The van der Waals surface area contributed by atoms with Gasteiger partial charge in [0.15, 0.2) is 5.69 Å². The summed E-state index contributed by atoms with van der Waals surface area (Å²) in [4.78, 5) is 53.1. The van der Waals surface area contributed by atoms with Crippen LogP contribution in [0.4, 0.5) is 0 Å². The van der Waals surface area contributed by atoms with E-state index in [-0.39, 0.29) is 24.6 Å². The van der Waals surface area contributed by atoms with E-state index in [2.05, 4.69) is 15.3 Å². The Morgan fingerprint density at radius 1 is 1.14 bits per heavy atom. The topological polar surface area (TPSA) is 130 Å². The van der Waals surface area contributed by atoms with Crippen LogP contribution in [0, 0.1) is 0 Å². The summed E-state index contributed by atoms with van der Waals surface area (Å²) in [5.74, 6) is -1.16. The van der Waals surface area contributed by atoms with Gasteiger partial charge in [-0.2, -0.15) is 11.8 Å². The molecule has 0 spiro atoms. The van der Waals surface area contributed by atoms with E-state index in [1.807, 2.05) is 6.26 Å². The number of carbonyl (C=O) groups excluding carboxylic acids is 3. The van der Waals surface area contributed by atoms with Crippen LogP contribution in [0.5, 0.6) is 0 Å². The summed E-state index contributed by atoms with van der Waals surface area (Å²) in [5, 5.41) is 2.67. The lowest BCUT2D eigenvalue weighted by Crippen LogP contribution is -2.42. The molecule has 0 saturated carbocycles. The fraction of sp³-hybridized carbons (Fsp3) is 0.368. The maximum atomic E-state index is 12.5. The minimum atomic E-state index is -0.869. The second-order valence-corrected chi connectivity index (χ2v) is 6.92. The third kappa shape index (κ3) is 6.53. The van der Waals surface area contributed by atoms with Crippen molar-refractivity contribution < 1.29 is 23.9 Å². The van der Waals surface area contributed by atoms with E-state index in [9.17, 15) is 19.2 Å². The Balaban J connectivity index is 2.06. The number of H-pyrrole nitrogens is 2. The van der Waals surface area contributed by atoms with Gasteiger partial charge in [0.25, 0.3) is 5.91 Å². The number of esters is 2. The summed E-state index contributed by atoms with van der Waals surface area (Å²) in [6.07, 6.45) is 2.25. The molecule has 1 aromatic heterocycles.